The molecule has 1 aliphatic heterocycles. The zero-order valence-corrected chi connectivity index (χ0v) is 21.0. The zero-order chi connectivity index (χ0) is 26.1. The lowest BCUT2D eigenvalue weighted by atomic mass is 10.0. The highest BCUT2D eigenvalue weighted by atomic mass is 16.5. The van der Waals surface area contributed by atoms with E-state index in [-0.39, 0.29) is 0 Å². The number of pyridine rings is 1. The van der Waals surface area contributed by atoms with Gasteiger partial charge in [0.15, 0.2) is 11.5 Å². The Hall–Kier alpha value is -5.16. The Labute approximate surface area is 219 Å². The van der Waals surface area contributed by atoms with Crippen molar-refractivity contribution in [1.82, 2.24) is 14.8 Å². The van der Waals surface area contributed by atoms with Gasteiger partial charge in [-0.1, -0.05) is 30.3 Å². The summed E-state index contributed by atoms with van der Waals surface area (Å²) in [6.07, 6.45) is 8.58. The van der Waals surface area contributed by atoms with Crippen LogP contribution in [0.2, 0.25) is 0 Å². The van der Waals surface area contributed by atoms with Crippen LogP contribution >= 0.6 is 0 Å². The monoisotopic (exact) mass is 500 g/mol. The molecule has 0 bridgehead atoms. The second-order valence-electron chi connectivity index (χ2n) is 8.92. The molecule has 0 unspecified atom stereocenters. The molecule has 0 aliphatic carbocycles. The molecule has 0 atom stereocenters. The number of rotatable bonds is 6. The molecule has 0 radical (unpaired) electrons. The lowest BCUT2D eigenvalue weighted by Crippen LogP contribution is -2.10. The van der Waals surface area contributed by atoms with Gasteiger partial charge in [-0.05, 0) is 35.9 Å². The van der Waals surface area contributed by atoms with Crippen LogP contribution in [0.3, 0.4) is 0 Å². The van der Waals surface area contributed by atoms with Gasteiger partial charge >= 0.3 is 0 Å². The second-order valence-corrected chi connectivity index (χ2v) is 8.92. The van der Waals surface area contributed by atoms with Crippen LogP contribution in [0, 0.1) is 11.3 Å². The van der Waals surface area contributed by atoms with Gasteiger partial charge in [0.05, 0.1) is 41.7 Å². The number of hydrogen-bond acceptors (Lipinski definition) is 7. The van der Waals surface area contributed by atoms with Gasteiger partial charge in [-0.15, -0.1) is 0 Å². The normalized spacial score (nSPS) is 12.7. The molecule has 3 heterocycles. The first-order valence-electron chi connectivity index (χ1n) is 12.2. The van der Waals surface area contributed by atoms with Crippen molar-refractivity contribution in [1.29, 1.82) is 5.26 Å². The van der Waals surface area contributed by atoms with E-state index in [1.807, 2.05) is 83.9 Å². The van der Waals surface area contributed by atoms with Crippen LogP contribution in [0.15, 0.2) is 84.2 Å². The van der Waals surface area contributed by atoms with Crippen LogP contribution in [-0.4, -0.2) is 28.1 Å². The first-order valence-corrected chi connectivity index (χ1v) is 12.2. The summed E-state index contributed by atoms with van der Waals surface area (Å²) >= 11 is 0. The summed E-state index contributed by atoms with van der Waals surface area (Å²) in [6.45, 7) is 0.375. The minimum atomic E-state index is 0.375. The Morgan fingerprint density at radius 3 is 2.55 bits per heavy atom. The van der Waals surface area contributed by atoms with Gasteiger partial charge in [0, 0.05) is 48.3 Å². The molecular formula is C30H24N6O2. The molecule has 3 aromatic carbocycles. The molecule has 8 nitrogen and oxygen atoms in total. The molecule has 2 aromatic heterocycles. The smallest absolute Gasteiger partial charge is 0.162 e. The molecule has 0 N–H and O–H groups in total. The van der Waals surface area contributed by atoms with Crippen LogP contribution in [0.5, 0.6) is 11.5 Å². The number of nitriles is 1. The summed E-state index contributed by atoms with van der Waals surface area (Å²) in [5.41, 5.74) is 6.05. The lowest BCUT2D eigenvalue weighted by Gasteiger charge is -2.17. The molecule has 0 amide bonds. The van der Waals surface area contributed by atoms with Gasteiger partial charge in [-0.25, -0.2) is 5.01 Å². The third-order valence-corrected chi connectivity index (χ3v) is 6.55. The predicted molar refractivity (Wildman–Crippen MR) is 148 cm³/mol. The maximum Gasteiger partial charge on any atom is 0.162 e. The van der Waals surface area contributed by atoms with Crippen molar-refractivity contribution in [3.8, 4) is 28.8 Å². The van der Waals surface area contributed by atoms with Crippen molar-refractivity contribution in [2.24, 2.45) is 12.1 Å². The van der Waals surface area contributed by atoms with Crippen LogP contribution in [0.4, 0.5) is 5.69 Å². The summed E-state index contributed by atoms with van der Waals surface area (Å²) in [6, 6.07) is 21.6. The van der Waals surface area contributed by atoms with Gasteiger partial charge in [0.2, 0.25) is 0 Å². The highest BCUT2D eigenvalue weighted by Gasteiger charge is 2.18. The molecule has 1 aliphatic rings. The number of nitrogens with zero attached hydrogens (tertiary/aromatic N) is 6. The maximum absolute atomic E-state index is 9.19. The van der Waals surface area contributed by atoms with E-state index in [4.69, 9.17) is 14.6 Å². The Kier molecular flexibility index (Phi) is 5.94. The summed E-state index contributed by atoms with van der Waals surface area (Å²) in [7, 11) is 3.53. The number of anilines is 1. The average molecular weight is 501 g/mol. The van der Waals surface area contributed by atoms with Gasteiger partial charge in [0.1, 0.15) is 12.3 Å². The van der Waals surface area contributed by atoms with E-state index in [2.05, 4.69) is 22.2 Å². The van der Waals surface area contributed by atoms with Gasteiger partial charge in [0.25, 0.3) is 0 Å². The number of benzene rings is 3. The molecule has 0 spiro atoms. The molecule has 38 heavy (non-hydrogen) atoms. The molecular weight excluding hydrogens is 476 g/mol. The van der Waals surface area contributed by atoms with E-state index in [1.54, 1.807) is 19.2 Å². The second kappa shape index (κ2) is 9.71. The predicted octanol–water partition coefficient (Wildman–Crippen LogP) is 5.96. The zero-order valence-electron chi connectivity index (χ0n) is 21.0. The highest BCUT2D eigenvalue weighted by molar-refractivity contribution is 6.11. The summed E-state index contributed by atoms with van der Waals surface area (Å²) in [5, 5.41) is 22.1. The first kappa shape index (κ1) is 23.3. The standard InChI is InChI=1S/C30H24N6O2/c1-35-26-18-32-25-16-27(37-2)28(38-19-21-7-11-23(12-8-21)36-14-4-3-13-33-36)15-24(25)29(26)30(34-35)22-9-5-20(17-31)6-10-22/h4-16,18H,3,19H2,1-2H3. The minimum absolute atomic E-state index is 0.375. The first-order chi connectivity index (χ1) is 18.6. The largest absolute Gasteiger partial charge is 0.493 e. The van der Waals surface area contributed by atoms with E-state index in [0.29, 0.717) is 23.7 Å². The van der Waals surface area contributed by atoms with Crippen molar-refractivity contribution in [2.75, 3.05) is 12.1 Å². The Bertz CT molecular complexity index is 1730. The Morgan fingerprint density at radius 1 is 1.03 bits per heavy atom. The Balaban J connectivity index is 1.36. The van der Waals surface area contributed by atoms with Crippen molar-refractivity contribution >= 4 is 33.7 Å². The minimum Gasteiger partial charge on any atom is -0.493 e. The number of fused-ring (bicyclic) bond motifs is 3. The van der Waals surface area contributed by atoms with Gasteiger partial charge in [-0.2, -0.15) is 15.5 Å². The molecule has 0 saturated carbocycles. The van der Waals surface area contributed by atoms with Crippen LogP contribution < -0.4 is 14.5 Å². The number of aromatic nitrogens is 3. The van der Waals surface area contributed by atoms with E-state index < -0.39 is 0 Å². The molecule has 0 saturated heterocycles. The van der Waals surface area contributed by atoms with Gasteiger partial charge in [-0.3, -0.25) is 9.67 Å². The summed E-state index contributed by atoms with van der Waals surface area (Å²) < 4.78 is 13.7. The van der Waals surface area contributed by atoms with E-state index >= 15 is 0 Å². The number of methoxy groups -OCH3 is 1. The average Bonchev–Trinajstić information content (AvgIpc) is 3.32. The molecule has 5 aromatic rings. The number of allylic oxidation sites excluding steroid dienone is 1. The molecule has 6 rings (SSSR count). The maximum atomic E-state index is 9.19. The van der Waals surface area contributed by atoms with Gasteiger partial charge < -0.3 is 9.47 Å². The fourth-order valence-electron chi connectivity index (χ4n) is 4.57. The lowest BCUT2D eigenvalue weighted by molar-refractivity contribution is 0.285. The number of hydrogen-bond donors (Lipinski definition) is 0. The van der Waals surface area contributed by atoms with Crippen LogP contribution in [-0.2, 0) is 13.7 Å². The third-order valence-electron chi connectivity index (χ3n) is 6.55. The topological polar surface area (TPSA) is 88.6 Å². The van der Waals surface area contributed by atoms with Crippen molar-refractivity contribution in [3.63, 3.8) is 0 Å². The Morgan fingerprint density at radius 2 is 1.84 bits per heavy atom. The van der Waals surface area contributed by atoms with Crippen molar-refractivity contribution < 1.29 is 9.47 Å². The fourth-order valence-corrected chi connectivity index (χ4v) is 4.57. The van der Waals surface area contributed by atoms with Crippen molar-refractivity contribution in [2.45, 2.75) is 13.0 Å². The molecule has 186 valence electrons. The van der Waals surface area contributed by atoms with E-state index in [9.17, 15) is 5.26 Å². The fraction of sp³-hybridized carbons (Fsp3) is 0.133. The quantitative estimate of drug-likeness (QED) is 0.286. The van der Waals surface area contributed by atoms with E-state index in [1.165, 1.54) is 0 Å². The van der Waals surface area contributed by atoms with E-state index in [0.717, 1.165) is 50.7 Å². The summed E-state index contributed by atoms with van der Waals surface area (Å²) in [4.78, 5) is 4.67. The number of ether oxygens (including phenoxy) is 2. The highest BCUT2D eigenvalue weighted by Crippen LogP contribution is 2.38. The molecule has 0 fully saturated rings. The number of aryl methyl sites for hydroxylation is 1. The summed E-state index contributed by atoms with van der Waals surface area (Å²) in [5.74, 6) is 1.23. The van der Waals surface area contributed by atoms with Crippen LogP contribution in [0.1, 0.15) is 17.5 Å². The van der Waals surface area contributed by atoms with Crippen LogP contribution in [0.25, 0.3) is 33.1 Å². The molecule has 8 heteroatoms. The SMILES string of the molecule is COc1cc2ncc3c(c(-c4ccc(C#N)cc4)nn3C)c2cc1OCc1ccc(N2C=CCC=N2)cc1. The number of hydrazone groups is 1. The third kappa shape index (κ3) is 4.20. The van der Waals surface area contributed by atoms with Crippen molar-refractivity contribution in [3.05, 3.63) is 90.3 Å².